The third-order valence-corrected chi connectivity index (χ3v) is 4.95. The Morgan fingerprint density at radius 1 is 0.794 bits per heavy atom. The molecule has 0 amide bonds. The molecule has 0 saturated carbocycles. The Morgan fingerprint density at radius 2 is 1.32 bits per heavy atom. The zero-order chi connectivity index (χ0) is 24.5. The summed E-state index contributed by atoms with van der Waals surface area (Å²) in [6.45, 7) is 2.60. The minimum atomic E-state index is -0.933. The molecule has 0 aliphatic carbocycles. The van der Waals surface area contributed by atoms with E-state index in [9.17, 15) is 14.4 Å². The van der Waals surface area contributed by atoms with Gasteiger partial charge in [-0.1, -0.05) is 24.3 Å². The monoisotopic (exact) mass is 472 g/mol. The van der Waals surface area contributed by atoms with Crippen LogP contribution in [0.25, 0.3) is 21.7 Å². The number of unbranched alkanes of at least 4 members (excludes halogenated alkanes) is 2. The summed E-state index contributed by atoms with van der Waals surface area (Å²) in [4.78, 5) is 36.7. The fourth-order valence-electron chi connectivity index (χ4n) is 3.29. The van der Waals surface area contributed by atoms with E-state index in [1.165, 1.54) is 13.0 Å². The van der Waals surface area contributed by atoms with Crippen LogP contribution in [0.2, 0.25) is 0 Å². The molecule has 0 aliphatic rings. The Morgan fingerprint density at radius 3 is 1.85 bits per heavy atom. The van der Waals surface area contributed by atoms with Gasteiger partial charge in [-0.2, -0.15) is 0 Å². The van der Waals surface area contributed by atoms with E-state index in [0.29, 0.717) is 49.5 Å². The van der Waals surface area contributed by atoms with Gasteiger partial charge in [0.05, 0.1) is 18.6 Å². The maximum Gasteiger partial charge on any atom is 0.513 e. The van der Waals surface area contributed by atoms with E-state index in [2.05, 4.69) is 0 Å². The number of ketones is 1. The lowest BCUT2D eigenvalue weighted by molar-refractivity contribution is 0.0964. The van der Waals surface area contributed by atoms with Gasteiger partial charge in [-0.25, -0.2) is 9.59 Å². The second-order valence-electron chi connectivity index (χ2n) is 7.51. The van der Waals surface area contributed by atoms with Crippen LogP contribution >= 0.6 is 0 Å². The number of hydrogen-bond acceptors (Lipinski definition) is 10. The molecule has 0 radical (unpaired) electrons. The number of Topliss-reactive ketones (excluding diaryl/α,β-unsaturated/α-hetero) is 1. The number of carbonyl (C=O) groups is 3. The Bertz CT molecular complexity index is 1090. The van der Waals surface area contributed by atoms with Gasteiger partial charge in [0.2, 0.25) is 0 Å². The van der Waals surface area contributed by atoms with Gasteiger partial charge >= 0.3 is 12.3 Å². The maximum absolute atomic E-state index is 12.4. The molecule has 0 fully saturated rings. The Balaban J connectivity index is 2.00. The molecule has 0 atom stereocenters. The number of benzene rings is 2. The van der Waals surface area contributed by atoms with Gasteiger partial charge < -0.3 is 34.8 Å². The highest BCUT2D eigenvalue weighted by Gasteiger charge is 2.25. The van der Waals surface area contributed by atoms with Crippen LogP contribution in [0.3, 0.4) is 0 Å². The molecule has 10 heteroatoms. The third kappa shape index (κ3) is 6.03. The number of fused-ring (bicyclic) bond motifs is 2. The van der Waals surface area contributed by atoms with Crippen molar-refractivity contribution < 1.29 is 37.7 Å². The molecule has 0 unspecified atom stereocenters. The van der Waals surface area contributed by atoms with Crippen molar-refractivity contribution in [3.63, 3.8) is 0 Å². The van der Waals surface area contributed by atoms with Crippen molar-refractivity contribution in [3.05, 3.63) is 36.1 Å². The molecule has 0 saturated heterocycles. The summed E-state index contributed by atoms with van der Waals surface area (Å²) in [6.07, 6.45) is 0.756. The highest BCUT2D eigenvalue weighted by atomic mass is 16.7. The maximum atomic E-state index is 12.4. The largest absolute Gasteiger partial charge is 0.513 e. The van der Waals surface area contributed by atoms with Crippen LogP contribution in [0.15, 0.2) is 34.7 Å². The Kier molecular flexibility index (Phi) is 8.83. The lowest BCUT2D eigenvalue weighted by Crippen LogP contribution is -2.14. The third-order valence-electron chi connectivity index (χ3n) is 4.95. The lowest BCUT2D eigenvalue weighted by Gasteiger charge is -2.13. The number of rotatable bonds is 11. The first-order valence-electron chi connectivity index (χ1n) is 11.0. The van der Waals surface area contributed by atoms with Crippen LogP contribution in [-0.4, -0.2) is 44.4 Å². The molecule has 10 nitrogen and oxygen atoms in total. The number of ether oxygens (including phenoxy) is 4. The van der Waals surface area contributed by atoms with Crippen LogP contribution in [0.1, 0.15) is 43.2 Å². The standard InChI is InChI=1S/C24H28N2O8/c1-15(27)19-14-18-20(33-23(28)30-12-6-4-10-25)16-8-2-3-9-17(16)21(22(18)32-19)34-24(29)31-13-7-5-11-26/h2-3,8-9,14H,4-7,10-13,25-26H2,1H3. The van der Waals surface area contributed by atoms with Gasteiger partial charge in [-0.05, 0) is 44.8 Å². The lowest BCUT2D eigenvalue weighted by atomic mass is 10.1. The minimum Gasteiger partial charge on any atom is -0.449 e. The molecule has 1 aromatic heterocycles. The summed E-state index contributed by atoms with van der Waals surface area (Å²) < 4.78 is 27.0. The Labute approximate surface area is 196 Å². The average molecular weight is 472 g/mol. The number of carbonyl (C=O) groups excluding carboxylic acids is 3. The van der Waals surface area contributed by atoms with Crippen LogP contribution in [0.4, 0.5) is 9.59 Å². The number of hydrogen-bond donors (Lipinski definition) is 2. The molecule has 182 valence electrons. The van der Waals surface area contributed by atoms with Crippen LogP contribution in [0.5, 0.6) is 11.5 Å². The van der Waals surface area contributed by atoms with E-state index < -0.39 is 12.3 Å². The zero-order valence-corrected chi connectivity index (χ0v) is 19.0. The smallest absolute Gasteiger partial charge is 0.449 e. The molecule has 1 heterocycles. The van der Waals surface area contributed by atoms with E-state index in [1.807, 2.05) is 0 Å². The summed E-state index contributed by atoms with van der Waals surface area (Å²) in [6, 6.07) is 8.24. The first-order valence-corrected chi connectivity index (χ1v) is 11.0. The molecule has 4 N–H and O–H groups in total. The van der Waals surface area contributed by atoms with Gasteiger partial charge in [0.15, 0.2) is 28.6 Å². The average Bonchev–Trinajstić information content (AvgIpc) is 3.27. The zero-order valence-electron chi connectivity index (χ0n) is 19.0. The van der Waals surface area contributed by atoms with Gasteiger partial charge in [0.25, 0.3) is 0 Å². The first kappa shape index (κ1) is 25.0. The minimum absolute atomic E-state index is 0.00707. The topological polar surface area (TPSA) is 153 Å². The van der Waals surface area contributed by atoms with Gasteiger partial charge in [0.1, 0.15) is 0 Å². The number of furan rings is 1. The van der Waals surface area contributed by atoms with E-state index in [-0.39, 0.29) is 47.2 Å². The van der Waals surface area contributed by atoms with Crippen molar-refractivity contribution in [1.82, 2.24) is 0 Å². The molecule has 0 aliphatic heterocycles. The van der Waals surface area contributed by atoms with Crippen molar-refractivity contribution in [1.29, 1.82) is 0 Å². The molecule has 34 heavy (non-hydrogen) atoms. The summed E-state index contributed by atoms with van der Waals surface area (Å²) >= 11 is 0. The quantitative estimate of drug-likeness (QED) is 0.179. The summed E-state index contributed by atoms with van der Waals surface area (Å²) in [5.41, 5.74) is 11.0. The van der Waals surface area contributed by atoms with Crippen LogP contribution < -0.4 is 20.9 Å². The van der Waals surface area contributed by atoms with Crippen molar-refractivity contribution in [2.75, 3.05) is 26.3 Å². The van der Waals surface area contributed by atoms with Gasteiger partial charge in [-0.3, -0.25) is 4.79 Å². The molecule has 2 aromatic carbocycles. The van der Waals surface area contributed by atoms with Crippen molar-refractivity contribution in [2.24, 2.45) is 11.5 Å². The normalized spacial score (nSPS) is 10.9. The molecule has 3 aromatic rings. The number of nitrogens with two attached hydrogens (primary N) is 2. The summed E-state index contributed by atoms with van der Waals surface area (Å²) in [7, 11) is 0. The van der Waals surface area contributed by atoms with E-state index in [1.54, 1.807) is 24.3 Å². The predicted molar refractivity (Wildman–Crippen MR) is 124 cm³/mol. The first-order chi connectivity index (χ1) is 16.5. The van der Waals surface area contributed by atoms with Gasteiger partial charge in [0, 0.05) is 17.7 Å². The fraction of sp³-hybridized carbons (Fsp3) is 0.375. The molecule has 3 rings (SSSR count). The van der Waals surface area contributed by atoms with Crippen molar-refractivity contribution in [3.8, 4) is 11.5 Å². The second kappa shape index (κ2) is 12.0. The summed E-state index contributed by atoms with van der Waals surface area (Å²) in [5.74, 6) is -0.182. The molecular formula is C24H28N2O8. The molecular weight excluding hydrogens is 444 g/mol. The predicted octanol–water partition coefficient (Wildman–Crippen LogP) is 4.30. The highest BCUT2D eigenvalue weighted by Crippen LogP contribution is 2.44. The molecule has 0 spiro atoms. The fourth-order valence-corrected chi connectivity index (χ4v) is 3.29. The van der Waals surface area contributed by atoms with Crippen LogP contribution in [-0.2, 0) is 9.47 Å². The van der Waals surface area contributed by atoms with E-state index in [4.69, 9.17) is 34.8 Å². The SMILES string of the molecule is CC(=O)c1cc2c(OC(=O)OCCCCN)c3ccccc3c(OC(=O)OCCCCN)c2o1. The second-order valence-corrected chi connectivity index (χ2v) is 7.51. The van der Waals surface area contributed by atoms with Crippen LogP contribution in [0, 0.1) is 0 Å². The highest BCUT2D eigenvalue weighted by molar-refractivity contribution is 6.12. The van der Waals surface area contributed by atoms with Crippen molar-refractivity contribution >= 4 is 39.8 Å². The van der Waals surface area contributed by atoms with E-state index >= 15 is 0 Å². The molecule has 0 bridgehead atoms. The summed E-state index contributed by atoms with van der Waals surface area (Å²) in [5, 5.41) is 1.15. The van der Waals surface area contributed by atoms with Gasteiger partial charge in [-0.15, -0.1) is 0 Å². The van der Waals surface area contributed by atoms with Crippen molar-refractivity contribution in [2.45, 2.75) is 32.6 Å². The Hall–Kier alpha value is -3.63. The van der Waals surface area contributed by atoms with E-state index in [0.717, 1.165) is 0 Å².